The Kier molecular flexibility index (Phi) is 8.38. The van der Waals surface area contributed by atoms with E-state index in [1.807, 2.05) is 30.3 Å². The van der Waals surface area contributed by atoms with Crippen molar-refractivity contribution in [1.29, 1.82) is 0 Å². The third-order valence-electron chi connectivity index (χ3n) is 6.05. The molecule has 3 heterocycles. The number of fused-ring (bicyclic) bond motifs is 1. The summed E-state index contributed by atoms with van der Waals surface area (Å²) >= 11 is 5.83. The van der Waals surface area contributed by atoms with E-state index >= 15 is 4.39 Å². The van der Waals surface area contributed by atoms with Gasteiger partial charge >= 0.3 is 11.9 Å². The van der Waals surface area contributed by atoms with E-state index in [1.54, 1.807) is 10.9 Å². The summed E-state index contributed by atoms with van der Waals surface area (Å²) in [7, 11) is 1.26. The third kappa shape index (κ3) is 6.13. The van der Waals surface area contributed by atoms with Crippen LogP contribution >= 0.6 is 11.6 Å². The summed E-state index contributed by atoms with van der Waals surface area (Å²) < 4.78 is 28.6. The molecule has 13 nitrogen and oxygen atoms in total. The van der Waals surface area contributed by atoms with Crippen LogP contribution < -0.4 is 5.73 Å². The molecule has 0 unspecified atom stereocenters. The smallest absolute Gasteiger partial charge is 0.348 e. The summed E-state index contributed by atoms with van der Waals surface area (Å²) in [5, 5.41) is 23.8. The molecule has 0 aliphatic heterocycles. The first-order valence-electron chi connectivity index (χ1n) is 11.6. The van der Waals surface area contributed by atoms with Crippen LogP contribution in [0.1, 0.15) is 23.8 Å². The number of halogens is 2. The van der Waals surface area contributed by atoms with Gasteiger partial charge in [0.05, 0.1) is 31.8 Å². The number of carboxylic acid groups (broad SMARTS) is 2. The van der Waals surface area contributed by atoms with Crippen LogP contribution in [0.25, 0.3) is 11.2 Å². The molecule has 0 amide bonds. The zero-order valence-electron chi connectivity index (χ0n) is 20.6. The van der Waals surface area contributed by atoms with Gasteiger partial charge in [-0.3, -0.25) is 9.25 Å². The lowest BCUT2D eigenvalue weighted by atomic mass is 9.96. The second-order valence-electron chi connectivity index (χ2n) is 8.69. The van der Waals surface area contributed by atoms with E-state index < -0.39 is 43.0 Å². The average molecular weight is 562 g/mol. The van der Waals surface area contributed by atoms with Crippen molar-refractivity contribution in [1.82, 2.24) is 29.3 Å². The largest absolute Gasteiger partial charge is 0.479 e. The van der Waals surface area contributed by atoms with Crippen molar-refractivity contribution in [2.75, 3.05) is 19.5 Å². The Hall–Kier alpha value is -4.14. The number of carbonyl (C=O) groups is 2. The molecular weight excluding hydrogens is 537 g/mol. The number of nitrogen functional groups attached to an aromatic ring is 1. The monoisotopic (exact) mass is 561 g/mol. The maximum absolute atomic E-state index is 15.3. The number of hydrogen-bond donors (Lipinski definition) is 3. The molecule has 0 saturated carbocycles. The van der Waals surface area contributed by atoms with Gasteiger partial charge in [-0.25, -0.2) is 19.0 Å². The number of carboxylic acids is 2. The van der Waals surface area contributed by atoms with Gasteiger partial charge in [-0.2, -0.15) is 15.1 Å². The fourth-order valence-electron chi connectivity index (χ4n) is 3.97. The van der Waals surface area contributed by atoms with Crippen molar-refractivity contribution in [3.8, 4) is 0 Å². The minimum Gasteiger partial charge on any atom is -0.479 e. The molecule has 0 radical (unpaired) electrons. The summed E-state index contributed by atoms with van der Waals surface area (Å²) in [6.45, 7) is -0.138. The lowest BCUT2D eigenvalue weighted by Crippen LogP contribution is -2.52. The Labute approximate surface area is 226 Å². The Morgan fingerprint density at radius 2 is 1.90 bits per heavy atom. The van der Waals surface area contributed by atoms with Crippen LogP contribution in [0.5, 0.6) is 0 Å². The second kappa shape index (κ2) is 11.7. The molecule has 206 valence electrons. The molecule has 1 aromatic carbocycles. The first-order valence-corrected chi connectivity index (χ1v) is 12.0. The SMILES string of the molecule is CO[C@H](COC(Cc1cnn(Cc2ccccc2)c1)(C(=O)O)C(=O)O)C[C@H](F)n1cnc2c(N)nc(Cl)nc21. The lowest BCUT2D eigenvalue weighted by molar-refractivity contribution is -0.188. The summed E-state index contributed by atoms with van der Waals surface area (Å²) in [4.78, 5) is 36.1. The lowest BCUT2D eigenvalue weighted by Gasteiger charge is -2.27. The molecule has 0 spiro atoms. The van der Waals surface area contributed by atoms with Gasteiger partial charge in [0.2, 0.25) is 5.28 Å². The van der Waals surface area contributed by atoms with Crippen molar-refractivity contribution < 1.29 is 33.7 Å². The Morgan fingerprint density at radius 1 is 1.18 bits per heavy atom. The molecule has 2 atom stereocenters. The highest BCUT2D eigenvalue weighted by Gasteiger charge is 2.49. The molecule has 4 aromatic rings. The highest BCUT2D eigenvalue weighted by Crippen LogP contribution is 2.27. The average Bonchev–Trinajstić information content (AvgIpc) is 3.52. The van der Waals surface area contributed by atoms with E-state index in [0.29, 0.717) is 12.1 Å². The van der Waals surface area contributed by atoms with E-state index in [-0.39, 0.29) is 28.7 Å². The third-order valence-corrected chi connectivity index (χ3v) is 6.22. The molecule has 15 heteroatoms. The van der Waals surface area contributed by atoms with Crippen LogP contribution in [0.2, 0.25) is 5.28 Å². The van der Waals surface area contributed by atoms with Gasteiger partial charge in [0, 0.05) is 26.1 Å². The molecule has 0 aliphatic carbocycles. The maximum atomic E-state index is 15.3. The van der Waals surface area contributed by atoms with Crippen molar-refractivity contribution in [2.24, 2.45) is 0 Å². The van der Waals surface area contributed by atoms with Crippen LogP contribution in [0.3, 0.4) is 0 Å². The van der Waals surface area contributed by atoms with Gasteiger partial charge in [-0.1, -0.05) is 30.3 Å². The van der Waals surface area contributed by atoms with Gasteiger partial charge in [-0.05, 0) is 22.7 Å². The van der Waals surface area contributed by atoms with Crippen molar-refractivity contribution in [3.63, 3.8) is 0 Å². The molecule has 0 fully saturated rings. The van der Waals surface area contributed by atoms with Crippen LogP contribution in [0.15, 0.2) is 49.1 Å². The predicted molar refractivity (Wildman–Crippen MR) is 136 cm³/mol. The fraction of sp³-hybridized carbons (Fsp3) is 0.333. The van der Waals surface area contributed by atoms with Crippen LogP contribution in [-0.4, -0.2) is 76.9 Å². The Morgan fingerprint density at radius 3 is 2.56 bits per heavy atom. The van der Waals surface area contributed by atoms with Crippen LogP contribution in [0.4, 0.5) is 10.2 Å². The van der Waals surface area contributed by atoms with Gasteiger partial charge < -0.3 is 25.4 Å². The van der Waals surface area contributed by atoms with Gasteiger partial charge in [0.15, 0.2) is 17.8 Å². The number of rotatable bonds is 13. The van der Waals surface area contributed by atoms with E-state index in [4.69, 9.17) is 26.8 Å². The zero-order valence-corrected chi connectivity index (χ0v) is 21.4. The highest BCUT2D eigenvalue weighted by molar-refractivity contribution is 6.28. The van der Waals surface area contributed by atoms with Crippen LogP contribution in [0, 0.1) is 0 Å². The van der Waals surface area contributed by atoms with E-state index in [1.165, 1.54) is 13.3 Å². The summed E-state index contributed by atoms with van der Waals surface area (Å²) in [5.41, 5.74) is 4.57. The summed E-state index contributed by atoms with van der Waals surface area (Å²) in [5.74, 6) is -3.47. The number of hydrogen-bond acceptors (Lipinski definition) is 9. The zero-order chi connectivity index (χ0) is 28.2. The predicted octanol–water partition coefficient (Wildman–Crippen LogP) is 2.35. The Balaban J connectivity index is 1.47. The number of alkyl halides is 1. The number of imidazole rings is 1. The minimum absolute atomic E-state index is 0.0256. The number of nitrogens with zero attached hydrogens (tertiary/aromatic N) is 6. The molecular formula is C24H25ClFN7O6. The van der Waals surface area contributed by atoms with Crippen molar-refractivity contribution in [2.45, 2.75) is 37.4 Å². The number of aliphatic carboxylic acids is 2. The van der Waals surface area contributed by atoms with E-state index in [9.17, 15) is 19.8 Å². The molecule has 4 rings (SSSR count). The summed E-state index contributed by atoms with van der Waals surface area (Å²) in [6.07, 6.45) is 0.402. The molecule has 0 bridgehead atoms. The molecule has 0 saturated heterocycles. The number of ether oxygens (including phenoxy) is 2. The van der Waals surface area contributed by atoms with Gasteiger partial charge in [0.25, 0.3) is 5.60 Å². The quantitative estimate of drug-likeness (QED) is 0.161. The van der Waals surface area contributed by atoms with Crippen molar-refractivity contribution >= 4 is 40.5 Å². The number of methoxy groups -OCH3 is 1. The second-order valence-corrected chi connectivity index (χ2v) is 9.02. The minimum atomic E-state index is -2.67. The number of anilines is 1. The van der Waals surface area contributed by atoms with Crippen molar-refractivity contribution in [3.05, 3.63) is 65.5 Å². The molecule has 39 heavy (non-hydrogen) atoms. The van der Waals surface area contributed by atoms with Gasteiger partial charge in [0.1, 0.15) is 5.52 Å². The summed E-state index contributed by atoms with van der Waals surface area (Å²) in [6, 6.07) is 9.41. The van der Waals surface area contributed by atoms with E-state index in [2.05, 4.69) is 20.1 Å². The van der Waals surface area contributed by atoms with E-state index in [0.717, 1.165) is 16.5 Å². The van der Waals surface area contributed by atoms with Gasteiger partial charge in [-0.15, -0.1) is 0 Å². The fourth-order valence-corrected chi connectivity index (χ4v) is 4.14. The number of aromatic nitrogens is 6. The maximum Gasteiger partial charge on any atom is 0.348 e. The Bertz CT molecular complexity index is 1450. The number of benzene rings is 1. The van der Waals surface area contributed by atoms with Crippen LogP contribution in [-0.2, 0) is 32.0 Å². The standard InChI is InChI=1S/C24H25ClFN7O6/c1-38-16(7-17(26)33-13-28-18-19(27)30-23(25)31-20(18)33)12-39-24(21(34)35,22(36)37)8-15-9-29-32(11-15)10-14-5-3-2-4-6-14/h2-6,9,11,13,16-17H,7-8,10,12H2,1H3,(H,34,35)(H,36,37)(H2,27,30,31)/t16-,17+/m0/s1. The molecule has 4 N–H and O–H groups in total. The molecule has 0 aliphatic rings. The topological polar surface area (TPSA) is 180 Å². The highest BCUT2D eigenvalue weighted by atomic mass is 35.5. The molecule has 3 aromatic heterocycles. The normalized spacial score (nSPS) is 13.4. The number of nitrogens with two attached hydrogens (primary N) is 1. The first kappa shape index (κ1) is 27.9. The first-order chi connectivity index (χ1) is 18.6.